The Bertz CT molecular complexity index is 1090. The van der Waals surface area contributed by atoms with E-state index in [0.29, 0.717) is 24.5 Å². The lowest BCUT2D eigenvalue weighted by atomic mass is 10.1. The van der Waals surface area contributed by atoms with Gasteiger partial charge in [-0.15, -0.1) is 0 Å². The SMILES string of the molecule is COc1ccc(CCN2CCN(C(=O)CCN=C3NS(=O)(=O)c4ccccc43)CC2)cc1. The first-order valence-electron chi connectivity index (χ1n) is 10.8. The van der Waals surface area contributed by atoms with Gasteiger partial charge in [0, 0.05) is 44.7 Å². The molecule has 0 saturated carbocycles. The number of piperazine rings is 1. The molecule has 1 amide bonds. The fourth-order valence-corrected chi connectivity index (χ4v) is 5.22. The first kappa shape index (κ1) is 22.3. The Morgan fingerprint density at radius 1 is 1.06 bits per heavy atom. The summed E-state index contributed by atoms with van der Waals surface area (Å²) in [5.41, 5.74) is 1.83. The van der Waals surface area contributed by atoms with Crippen molar-refractivity contribution >= 4 is 21.8 Å². The minimum Gasteiger partial charge on any atom is -0.497 e. The number of sulfonamides is 1. The molecule has 2 aromatic rings. The summed E-state index contributed by atoms with van der Waals surface area (Å²) in [6.07, 6.45) is 1.23. The van der Waals surface area contributed by atoms with Crippen molar-refractivity contribution in [1.82, 2.24) is 14.5 Å². The highest BCUT2D eigenvalue weighted by Gasteiger charge is 2.30. The minimum atomic E-state index is -3.55. The van der Waals surface area contributed by atoms with Crippen LogP contribution in [0.5, 0.6) is 5.75 Å². The number of amidine groups is 1. The molecule has 1 saturated heterocycles. The van der Waals surface area contributed by atoms with Gasteiger partial charge >= 0.3 is 0 Å². The lowest BCUT2D eigenvalue weighted by Gasteiger charge is -2.34. The van der Waals surface area contributed by atoms with Gasteiger partial charge in [0.15, 0.2) is 0 Å². The second-order valence-electron chi connectivity index (χ2n) is 7.90. The molecule has 1 N–H and O–H groups in total. The largest absolute Gasteiger partial charge is 0.497 e. The van der Waals surface area contributed by atoms with E-state index in [4.69, 9.17) is 4.74 Å². The Labute approximate surface area is 188 Å². The maximum atomic E-state index is 12.6. The number of hydrogen-bond acceptors (Lipinski definition) is 6. The molecule has 0 radical (unpaired) electrons. The summed E-state index contributed by atoms with van der Waals surface area (Å²) in [6, 6.07) is 14.9. The van der Waals surface area contributed by atoms with E-state index in [0.717, 1.165) is 31.8 Å². The van der Waals surface area contributed by atoms with Gasteiger partial charge in [-0.05, 0) is 36.2 Å². The molecule has 32 heavy (non-hydrogen) atoms. The molecule has 2 aliphatic rings. The summed E-state index contributed by atoms with van der Waals surface area (Å²) >= 11 is 0. The molecular formula is C23H28N4O4S. The standard InChI is InChI=1S/C23H28N4O4S/c1-31-19-8-6-18(7-9-19)11-13-26-14-16-27(17-15-26)22(28)10-12-24-23-20-4-2-3-5-21(20)32(29,30)25-23/h2-9H,10-17H2,1H3,(H,24,25). The molecule has 1 fully saturated rings. The number of nitrogens with one attached hydrogen (secondary N) is 1. The number of carbonyl (C=O) groups excluding carboxylic acids is 1. The van der Waals surface area contributed by atoms with Crippen LogP contribution in [-0.2, 0) is 21.2 Å². The summed E-state index contributed by atoms with van der Waals surface area (Å²) in [6.45, 7) is 4.32. The molecule has 0 bridgehead atoms. The molecule has 2 aliphatic heterocycles. The van der Waals surface area contributed by atoms with E-state index in [2.05, 4.69) is 26.7 Å². The van der Waals surface area contributed by atoms with Crippen LogP contribution in [0.3, 0.4) is 0 Å². The van der Waals surface area contributed by atoms with Crippen molar-refractivity contribution in [2.24, 2.45) is 4.99 Å². The number of rotatable bonds is 7. The second kappa shape index (κ2) is 9.70. The lowest BCUT2D eigenvalue weighted by molar-refractivity contribution is -0.132. The van der Waals surface area contributed by atoms with Crippen LogP contribution in [-0.4, -0.2) is 76.3 Å². The average molecular weight is 457 g/mol. The predicted octanol–water partition coefficient (Wildman–Crippen LogP) is 1.51. The number of hydrogen-bond donors (Lipinski definition) is 1. The maximum Gasteiger partial charge on any atom is 0.263 e. The number of aliphatic imine (C=N–C) groups is 1. The zero-order chi connectivity index (χ0) is 22.6. The fourth-order valence-electron chi connectivity index (χ4n) is 3.97. The summed E-state index contributed by atoms with van der Waals surface area (Å²) in [7, 11) is -1.88. The van der Waals surface area contributed by atoms with Crippen molar-refractivity contribution in [3.05, 3.63) is 59.7 Å². The van der Waals surface area contributed by atoms with Gasteiger partial charge in [-0.3, -0.25) is 19.4 Å². The molecule has 0 spiro atoms. The molecule has 2 aromatic carbocycles. The molecule has 9 heteroatoms. The van der Waals surface area contributed by atoms with Crippen molar-refractivity contribution < 1.29 is 17.9 Å². The molecule has 0 unspecified atom stereocenters. The molecule has 0 atom stereocenters. The van der Waals surface area contributed by atoms with Gasteiger partial charge in [-0.1, -0.05) is 24.3 Å². The molecule has 4 rings (SSSR count). The summed E-state index contributed by atoms with van der Waals surface area (Å²) in [5.74, 6) is 1.23. The number of benzene rings is 2. The molecule has 170 valence electrons. The molecule has 8 nitrogen and oxygen atoms in total. The van der Waals surface area contributed by atoms with Crippen LogP contribution < -0.4 is 9.46 Å². The van der Waals surface area contributed by atoms with Crippen LogP contribution in [0.1, 0.15) is 17.5 Å². The molecule has 0 aliphatic carbocycles. The maximum absolute atomic E-state index is 12.6. The Morgan fingerprint density at radius 2 is 1.78 bits per heavy atom. The third-order valence-corrected chi connectivity index (χ3v) is 7.26. The van der Waals surface area contributed by atoms with Crippen molar-refractivity contribution in [3.63, 3.8) is 0 Å². The Balaban J connectivity index is 1.22. The van der Waals surface area contributed by atoms with Gasteiger partial charge < -0.3 is 9.64 Å². The van der Waals surface area contributed by atoms with Gasteiger partial charge in [0.1, 0.15) is 11.6 Å². The Hall–Kier alpha value is -2.91. The third kappa shape index (κ3) is 5.11. The molecular weight excluding hydrogens is 428 g/mol. The van der Waals surface area contributed by atoms with Gasteiger partial charge in [-0.2, -0.15) is 0 Å². The van der Waals surface area contributed by atoms with Crippen LogP contribution in [0, 0.1) is 0 Å². The first-order valence-corrected chi connectivity index (χ1v) is 12.2. The zero-order valence-corrected chi connectivity index (χ0v) is 19.0. The number of carbonyl (C=O) groups is 1. The van der Waals surface area contributed by atoms with Crippen LogP contribution >= 0.6 is 0 Å². The van der Waals surface area contributed by atoms with Crippen molar-refractivity contribution in [2.45, 2.75) is 17.7 Å². The van der Waals surface area contributed by atoms with Crippen molar-refractivity contribution in [1.29, 1.82) is 0 Å². The van der Waals surface area contributed by atoms with E-state index >= 15 is 0 Å². The summed E-state index contributed by atoms with van der Waals surface area (Å²) in [4.78, 5) is 21.4. The number of fused-ring (bicyclic) bond motifs is 1. The van der Waals surface area contributed by atoms with Crippen LogP contribution in [0.25, 0.3) is 0 Å². The van der Waals surface area contributed by atoms with Crippen molar-refractivity contribution in [3.8, 4) is 5.75 Å². The van der Waals surface area contributed by atoms with E-state index in [-0.39, 0.29) is 23.8 Å². The number of amides is 1. The monoisotopic (exact) mass is 456 g/mol. The molecule has 0 aromatic heterocycles. The molecule has 2 heterocycles. The van der Waals surface area contributed by atoms with Crippen molar-refractivity contribution in [2.75, 3.05) is 46.4 Å². The van der Waals surface area contributed by atoms with E-state index in [1.54, 1.807) is 31.4 Å². The fraction of sp³-hybridized carbons (Fsp3) is 0.391. The highest BCUT2D eigenvalue weighted by molar-refractivity contribution is 7.90. The van der Waals surface area contributed by atoms with E-state index in [1.165, 1.54) is 5.56 Å². The highest BCUT2D eigenvalue weighted by Crippen LogP contribution is 2.22. The van der Waals surface area contributed by atoms with Gasteiger partial charge in [0.05, 0.1) is 18.6 Å². The minimum absolute atomic E-state index is 0.0540. The van der Waals surface area contributed by atoms with Crippen LogP contribution in [0.4, 0.5) is 0 Å². The van der Waals surface area contributed by atoms with E-state index in [9.17, 15) is 13.2 Å². The van der Waals surface area contributed by atoms with Gasteiger partial charge in [0.2, 0.25) is 5.91 Å². The topological polar surface area (TPSA) is 91.3 Å². The van der Waals surface area contributed by atoms with Crippen LogP contribution in [0.15, 0.2) is 58.4 Å². The lowest BCUT2D eigenvalue weighted by Crippen LogP contribution is -2.49. The van der Waals surface area contributed by atoms with E-state index < -0.39 is 10.0 Å². The van der Waals surface area contributed by atoms with Crippen LogP contribution in [0.2, 0.25) is 0 Å². The normalized spacial score (nSPS) is 18.9. The van der Waals surface area contributed by atoms with Gasteiger partial charge in [-0.25, -0.2) is 8.42 Å². The summed E-state index contributed by atoms with van der Waals surface area (Å²) in [5, 5.41) is 0. The predicted molar refractivity (Wildman–Crippen MR) is 123 cm³/mol. The Kier molecular flexibility index (Phi) is 6.76. The highest BCUT2D eigenvalue weighted by atomic mass is 32.2. The smallest absolute Gasteiger partial charge is 0.263 e. The quantitative estimate of drug-likeness (QED) is 0.682. The average Bonchev–Trinajstić information content (AvgIpc) is 3.08. The third-order valence-electron chi connectivity index (χ3n) is 5.86. The first-order chi connectivity index (χ1) is 15.5. The Morgan fingerprint density at radius 3 is 2.50 bits per heavy atom. The summed E-state index contributed by atoms with van der Waals surface area (Å²) < 4.78 is 31.9. The number of nitrogens with zero attached hydrogens (tertiary/aromatic N) is 3. The number of methoxy groups -OCH3 is 1. The second-order valence-corrected chi connectivity index (χ2v) is 9.55. The van der Waals surface area contributed by atoms with Gasteiger partial charge in [0.25, 0.3) is 10.0 Å². The zero-order valence-electron chi connectivity index (χ0n) is 18.2. The van der Waals surface area contributed by atoms with E-state index in [1.807, 2.05) is 17.0 Å². The number of ether oxygens (including phenoxy) is 1.